The first-order valence-electron chi connectivity index (χ1n) is 2.91. The van der Waals surface area contributed by atoms with Crippen molar-refractivity contribution in [2.75, 3.05) is 5.33 Å². The molecule has 0 N–H and O–H groups in total. The van der Waals surface area contributed by atoms with Crippen molar-refractivity contribution in [2.24, 2.45) is 11.8 Å². The fraction of sp³-hybridized carbons (Fsp3) is 0.714. The molecule has 0 aromatic carbocycles. The van der Waals surface area contributed by atoms with Crippen molar-refractivity contribution < 1.29 is 0 Å². The zero-order valence-electron chi connectivity index (χ0n) is 5.52. The van der Waals surface area contributed by atoms with E-state index in [0.29, 0.717) is 11.8 Å². The van der Waals surface area contributed by atoms with Crippen molar-refractivity contribution in [3.63, 3.8) is 0 Å². The van der Waals surface area contributed by atoms with Gasteiger partial charge in [-0.3, -0.25) is 0 Å². The van der Waals surface area contributed by atoms with Crippen LogP contribution in [-0.4, -0.2) is 5.33 Å². The summed E-state index contributed by atoms with van der Waals surface area (Å²) in [4.78, 5) is 0. The van der Waals surface area contributed by atoms with Gasteiger partial charge < -0.3 is 0 Å². The summed E-state index contributed by atoms with van der Waals surface area (Å²) in [6, 6.07) is 0. The molecule has 0 aliphatic carbocycles. The summed E-state index contributed by atoms with van der Waals surface area (Å²) in [5.74, 6) is 1.35. The molecule has 0 radical (unpaired) electrons. The van der Waals surface area contributed by atoms with Crippen LogP contribution in [0.2, 0.25) is 0 Å². The Labute approximate surface area is 60.1 Å². The Morgan fingerprint density at radius 3 is 2.12 bits per heavy atom. The third-order valence-corrected chi connectivity index (χ3v) is 2.08. The van der Waals surface area contributed by atoms with Crippen molar-refractivity contribution in [1.82, 2.24) is 0 Å². The topological polar surface area (TPSA) is 0 Å². The largest absolute Gasteiger partial charge is 0.103 e. The number of hydrogen-bond donors (Lipinski definition) is 0. The van der Waals surface area contributed by atoms with Crippen molar-refractivity contribution in [2.45, 2.75) is 13.8 Å². The quantitative estimate of drug-likeness (QED) is 0.459. The lowest BCUT2D eigenvalue weighted by Gasteiger charge is -2.11. The van der Waals surface area contributed by atoms with Gasteiger partial charge in [-0.05, 0) is 11.8 Å². The molecule has 0 unspecified atom stereocenters. The summed E-state index contributed by atoms with van der Waals surface area (Å²) in [6.07, 6.45) is 2.00. The molecule has 0 saturated carbocycles. The van der Waals surface area contributed by atoms with E-state index in [1.54, 1.807) is 0 Å². The average Bonchev–Trinajstić information content (AvgIpc) is 1.69. The van der Waals surface area contributed by atoms with Crippen molar-refractivity contribution >= 4 is 15.9 Å². The summed E-state index contributed by atoms with van der Waals surface area (Å²) in [5.41, 5.74) is 0. The Bertz CT molecular complexity index is 66.8. The van der Waals surface area contributed by atoms with Crippen LogP contribution in [0.25, 0.3) is 0 Å². The average molecular weight is 177 g/mol. The number of hydrogen-bond acceptors (Lipinski definition) is 0. The molecule has 8 heavy (non-hydrogen) atoms. The highest BCUT2D eigenvalue weighted by Gasteiger charge is 2.04. The van der Waals surface area contributed by atoms with Crippen LogP contribution >= 0.6 is 15.9 Å². The minimum atomic E-state index is 0.634. The summed E-state index contributed by atoms with van der Waals surface area (Å²) in [5, 5.41) is 1.04. The fourth-order valence-electron chi connectivity index (χ4n) is 0.513. The second kappa shape index (κ2) is 4.13. The maximum atomic E-state index is 3.72. The molecule has 0 spiro atoms. The molecular formula is C7H13Br. The molecule has 0 aromatic rings. The predicted molar refractivity (Wildman–Crippen MR) is 42.3 cm³/mol. The van der Waals surface area contributed by atoms with Crippen LogP contribution in [0.3, 0.4) is 0 Å². The van der Waals surface area contributed by atoms with Crippen molar-refractivity contribution in [3.05, 3.63) is 12.7 Å². The number of halogens is 1. The summed E-state index contributed by atoms with van der Waals surface area (Å²) in [7, 11) is 0. The van der Waals surface area contributed by atoms with Gasteiger partial charge in [-0.25, -0.2) is 0 Å². The summed E-state index contributed by atoms with van der Waals surface area (Å²) in [6.45, 7) is 8.13. The van der Waals surface area contributed by atoms with Gasteiger partial charge in [0.15, 0.2) is 0 Å². The first kappa shape index (κ1) is 8.22. The lowest BCUT2D eigenvalue weighted by atomic mass is 9.99. The normalized spacial score (nSPS) is 14.0. The van der Waals surface area contributed by atoms with Crippen LogP contribution in [-0.2, 0) is 0 Å². The van der Waals surface area contributed by atoms with E-state index in [4.69, 9.17) is 0 Å². The van der Waals surface area contributed by atoms with E-state index in [9.17, 15) is 0 Å². The zero-order chi connectivity index (χ0) is 6.57. The fourth-order valence-corrected chi connectivity index (χ4v) is 1.53. The predicted octanol–water partition coefficient (Wildman–Crippen LogP) is 2.84. The lowest BCUT2D eigenvalue weighted by molar-refractivity contribution is 0.515. The van der Waals surface area contributed by atoms with E-state index < -0.39 is 0 Å². The second-order valence-corrected chi connectivity index (χ2v) is 2.95. The first-order chi connectivity index (χ1) is 3.72. The molecule has 0 aromatic heterocycles. The van der Waals surface area contributed by atoms with Gasteiger partial charge in [-0.2, -0.15) is 0 Å². The Balaban J connectivity index is 3.51. The molecule has 48 valence electrons. The van der Waals surface area contributed by atoms with Crippen LogP contribution < -0.4 is 0 Å². The molecule has 0 rings (SSSR count). The van der Waals surface area contributed by atoms with E-state index in [-0.39, 0.29) is 0 Å². The highest BCUT2D eigenvalue weighted by atomic mass is 79.9. The molecular weight excluding hydrogens is 164 g/mol. The van der Waals surface area contributed by atoms with Crippen LogP contribution in [0.15, 0.2) is 12.7 Å². The molecule has 0 aliphatic rings. The summed E-state index contributed by atoms with van der Waals surface area (Å²) < 4.78 is 0. The van der Waals surface area contributed by atoms with Crippen LogP contribution in [0.4, 0.5) is 0 Å². The maximum Gasteiger partial charge on any atom is 0.00966 e. The van der Waals surface area contributed by atoms with E-state index in [2.05, 4.69) is 36.4 Å². The van der Waals surface area contributed by atoms with Gasteiger partial charge in [0, 0.05) is 5.33 Å². The molecule has 0 saturated heterocycles. The van der Waals surface area contributed by atoms with Gasteiger partial charge in [0.1, 0.15) is 0 Å². The Morgan fingerprint density at radius 2 is 2.12 bits per heavy atom. The van der Waals surface area contributed by atoms with E-state index in [0.717, 1.165) is 5.33 Å². The zero-order valence-corrected chi connectivity index (χ0v) is 7.11. The van der Waals surface area contributed by atoms with Crippen LogP contribution in [0, 0.1) is 11.8 Å². The van der Waals surface area contributed by atoms with E-state index in [1.165, 1.54) is 0 Å². The Hall–Kier alpha value is 0.220. The van der Waals surface area contributed by atoms with E-state index >= 15 is 0 Å². The van der Waals surface area contributed by atoms with Gasteiger partial charge in [0.25, 0.3) is 0 Å². The van der Waals surface area contributed by atoms with Gasteiger partial charge in [0.05, 0.1) is 0 Å². The van der Waals surface area contributed by atoms with Crippen molar-refractivity contribution in [1.29, 1.82) is 0 Å². The van der Waals surface area contributed by atoms with Gasteiger partial charge in [0.2, 0.25) is 0 Å². The Morgan fingerprint density at radius 1 is 1.62 bits per heavy atom. The molecule has 0 aliphatic heterocycles. The number of allylic oxidation sites excluding steroid dienone is 1. The molecule has 0 heterocycles. The third kappa shape index (κ3) is 2.51. The van der Waals surface area contributed by atoms with Gasteiger partial charge in [-0.1, -0.05) is 35.9 Å². The van der Waals surface area contributed by atoms with Crippen LogP contribution in [0.5, 0.6) is 0 Å². The monoisotopic (exact) mass is 176 g/mol. The Kier molecular flexibility index (Phi) is 4.25. The molecule has 0 amide bonds. The standard InChI is InChI=1S/C7H13Br/c1-4-7(5-8)6(2)3/h4,6-7H,1,5H2,2-3H3/t7-/m1/s1. The van der Waals surface area contributed by atoms with Crippen molar-refractivity contribution in [3.8, 4) is 0 Å². The lowest BCUT2D eigenvalue weighted by Crippen LogP contribution is -2.05. The third-order valence-electron chi connectivity index (χ3n) is 1.34. The molecule has 1 heteroatoms. The smallest absolute Gasteiger partial charge is 0.00966 e. The number of rotatable bonds is 3. The summed E-state index contributed by atoms with van der Waals surface area (Å²) >= 11 is 3.41. The number of alkyl halides is 1. The minimum absolute atomic E-state index is 0.634. The van der Waals surface area contributed by atoms with Gasteiger partial charge in [-0.15, -0.1) is 6.58 Å². The minimum Gasteiger partial charge on any atom is -0.103 e. The highest BCUT2D eigenvalue weighted by Crippen LogP contribution is 2.13. The molecule has 1 atom stereocenters. The molecule has 0 nitrogen and oxygen atoms in total. The van der Waals surface area contributed by atoms with Crippen LogP contribution in [0.1, 0.15) is 13.8 Å². The second-order valence-electron chi connectivity index (χ2n) is 2.30. The SMILES string of the molecule is C=C[C@H](CBr)C(C)C. The highest BCUT2D eigenvalue weighted by molar-refractivity contribution is 9.09. The molecule has 0 fully saturated rings. The van der Waals surface area contributed by atoms with Gasteiger partial charge >= 0.3 is 0 Å². The molecule has 0 bridgehead atoms. The first-order valence-corrected chi connectivity index (χ1v) is 4.03. The maximum absolute atomic E-state index is 3.72. The van der Waals surface area contributed by atoms with E-state index in [1.807, 2.05) is 6.08 Å².